The standard InChI is InChI=1S/C19H13ClN2O2/c20-17(23)16-11-6-12-21-18(16)22-19(24)15-10-5-4-9-14(15)13-7-2-1-3-8-13/h1-12H,(H,21,22,24). The maximum absolute atomic E-state index is 12.7. The molecule has 0 fully saturated rings. The van der Waals surface area contributed by atoms with Gasteiger partial charge in [0.05, 0.1) is 5.56 Å². The molecule has 3 rings (SSSR count). The topological polar surface area (TPSA) is 59.1 Å². The van der Waals surface area contributed by atoms with Gasteiger partial charge in [-0.25, -0.2) is 4.98 Å². The molecule has 118 valence electrons. The van der Waals surface area contributed by atoms with Crippen molar-refractivity contribution in [2.75, 3.05) is 5.32 Å². The number of pyridine rings is 1. The van der Waals surface area contributed by atoms with Crippen LogP contribution in [0.5, 0.6) is 0 Å². The van der Waals surface area contributed by atoms with Crippen LogP contribution < -0.4 is 5.32 Å². The van der Waals surface area contributed by atoms with Crippen LogP contribution in [0.3, 0.4) is 0 Å². The van der Waals surface area contributed by atoms with Crippen LogP contribution in [0.2, 0.25) is 0 Å². The minimum absolute atomic E-state index is 0.144. The van der Waals surface area contributed by atoms with Crippen LogP contribution in [0.1, 0.15) is 20.7 Å². The van der Waals surface area contributed by atoms with Crippen molar-refractivity contribution in [2.24, 2.45) is 0 Å². The van der Waals surface area contributed by atoms with Gasteiger partial charge in [0.25, 0.3) is 11.1 Å². The molecule has 0 radical (unpaired) electrons. The van der Waals surface area contributed by atoms with Gasteiger partial charge in [0, 0.05) is 11.8 Å². The molecule has 0 saturated heterocycles. The van der Waals surface area contributed by atoms with Crippen LogP contribution in [0, 0.1) is 0 Å². The fourth-order valence-electron chi connectivity index (χ4n) is 2.39. The number of benzene rings is 2. The van der Waals surface area contributed by atoms with Crippen LogP contribution in [0.4, 0.5) is 5.82 Å². The number of amides is 1. The zero-order valence-corrected chi connectivity index (χ0v) is 13.3. The van der Waals surface area contributed by atoms with Gasteiger partial charge in [-0.3, -0.25) is 9.59 Å². The lowest BCUT2D eigenvalue weighted by molar-refractivity contribution is 0.102. The van der Waals surface area contributed by atoms with Gasteiger partial charge in [-0.2, -0.15) is 0 Å². The quantitative estimate of drug-likeness (QED) is 0.719. The van der Waals surface area contributed by atoms with Crippen LogP contribution in [0.25, 0.3) is 11.1 Å². The molecule has 0 unspecified atom stereocenters. The van der Waals surface area contributed by atoms with Crippen molar-refractivity contribution in [3.63, 3.8) is 0 Å². The monoisotopic (exact) mass is 336 g/mol. The van der Waals surface area contributed by atoms with Gasteiger partial charge >= 0.3 is 0 Å². The number of carbonyl (C=O) groups excluding carboxylic acids is 2. The maximum Gasteiger partial charge on any atom is 0.257 e. The lowest BCUT2D eigenvalue weighted by Gasteiger charge is -2.11. The number of anilines is 1. The Labute approximate surface area is 144 Å². The van der Waals surface area contributed by atoms with E-state index in [1.54, 1.807) is 18.2 Å². The van der Waals surface area contributed by atoms with E-state index in [4.69, 9.17) is 11.6 Å². The molecule has 2 aromatic carbocycles. The van der Waals surface area contributed by atoms with E-state index in [9.17, 15) is 9.59 Å². The minimum atomic E-state index is -0.672. The highest BCUT2D eigenvalue weighted by Gasteiger charge is 2.16. The molecule has 1 aromatic heterocycles. The molecule has 24 heavy (non-hydrogen) atoms. The molecule has 0 bridgehead atoms. The lowest BCUT2D eigenvalue weighted by atomic mass is 9.99. The third-order valence-electron chi connectivity index (χ3n) is 3.51. The van der Waals surface area contributed by atoms with Gasteiger partial charge in [0.1, 0.15) is 5.82 Å². The summed E-state index contributed by atoms with van der Waals surface area (Å²) in [5.74, 6) is -0.210. The number of nitrogens with one attached hydrogen (secondary N) is 1. The second-order valence-electron chi connectivity index (χ2n) is 5.04. The molecule has 1 heterocycles. The SMILES string of the molecule is O=C(Nc1ncccc1C(=O)Cl)c1ccccc1-c1ccccc1. The van der Waals surface area contributed by atoms with Crippen molar-refractivity contribution in [3.05, 3.63) is 84.1 Å². The fourth-order valence-corrected chi connectivity index (χ4v) is 2.54. The average molecular weight is 337 g/mol. The zero-order valence-electron chi connectivity index (χ0n) is 12.6. The normalized spacial score (nSPS) is 10.2. The van der Waals surface area contributed by atoms with E-state index in [0.29, 0.717) is 5.56 Å². The Kier molecular flexibility index (Phi) is 4.68. The van der Waals surface area contributed by atoms with Crippen LogP contribution >= 0.6 is 11.6 Å². The van der Waals surface area contributed by atoms with Gasteiger partial charge in [0.15, 0.2) is 0 Å². The summed E-state index contributed by atoms with van der Waals surface area (Å²) in [6, 6.07) is 19.9. The molecule has 0 saturated carbocycles. The van der Waals surface area contributed by atoms with Crippen molar-refractivity contribution in [3.8, 4) is 11.1 Å². The third-order valence-corrected chi connectivity index (χ3v) is 3.71. The summed E-state index contributed by atoms with van der Waals surface area (Å²) in [6.07, 6.45) is 1.49. The number of halogens is 1. The number of hydrogen-bond donors (Lipinski definition) is 1. The first-order valence-corrected chi connectivity index (χ1v) is 7.65. The van der Waals surface area contributed by atoms with Gasteiger partial charge in [-0.1, -0.05) is 48.5 Å². The van der Waals surface area contributed by atoms with Crippen molar-refractivity contribution in [2.45, 2.75) is 0 Å². The summed E-state index contributed by atoms with van der Waals surface area (Å²) in [7, 11) is 0. The van der Waals surface area contributed by atoms with Crippen molar-refractivity contribution in [1.29, 1.82) is 0 Å². The zero-order chi connectivity index (χ0) is 16.9. The lowest BCUT2D eigenvalue weighted by Crippen LogP contribution is -2.16. The third kappa shape index (κ3) is 3.34. The molecular formula is C19H13ClN2O2. The van der Waals surface area contributed by atoms with Crippen LogP contribution in [0.15, 0.2) is 72.9 Å². The number of carbonyl (C=O) groups is 2. The summed E-state index contributed by atoms with van der Waals surface area (Å²) in [5, 5.41) is 1.99. The molecular weight excluding hydrogens is 324 g/mol. The van der Waals surface area contributed by atoms with Crippen molar-refractivity contribution < 1.29 is 9.59 Å². The van der Waals surface area contributed by atoms with Crippen molar-refractivity contribution in [1.82, 2.24) is 4.98 Å². The molecule has 0 aliphatic carbocycles. The maximum atomic E-state index is 12.7. The number of rotatable bonds is 4. The predicted molar refractivity (Wildman–Crippen MR) is 94.3 cm³/mol. The first-order valence-electron chi connectivity index (χ1n) is 7.27. The van der Waals surface area contributed by atoms with Gasteiger partial charge in [0.2, 0.25) is 0 Å². The highest BCUT2D eigenvalue weighted by molar-refractivity contribution is 6.68. The summed E-state index contributed by atoms with van der Waals surface area (Å²) >= 11 is 5.53. The number of aromatic nitrogens is 1. The van der Waals surface area contributed by atoms with Gasteiger partial charge in [-0.15, -0.1) is 0 Å². The van der Waals surface area contributed by atoms with E-state index < -0.39 is 5.24 Å². The Bertz CT molecular complexity index is 895. The van der Waals surface area contributed by atoms with Gasteiger partial charge < -0.3 is 5.32 Å². The van der Waals surface area contributed by atoms with Crippen molar-refractivity contribution >= 4 is 28.6 Å². The van der Waals surface area contributed by atoms with Crippen LogP contribution in [-0.4, -0.2) is 16.1 Å². The molecule has 1 N–H and O–H groups in total. The van der Waals surface area contributed by atoms with E-state index in [1.165, 1.54) is 12.3 Å². The Balaban J connectivity index is 1.97. The predicted octanol–water partition coefficient (Wildman–Crippen LogP) is 4.38. The van der Waals surface area contributed by atoms with E-state index >= 15 is 0 Å². The molecule has 5 heteroatoms. The minimum Gasteiger partial charge on any atom is -0.306 e. The molecule has 0 atom stereocenters. The number of hydrogen-bond acceptors (Lipinski definition) is 3. The fraction of sp³-hybridized carbons (Fsp3) is 0. The van der Waals surface area contributed by atoms with E-state index in [0.717, 1.165) is 11.1 Å². The molecule has 3 aromatic rings. The first kappa shape index (κ1) is 15.9. The summed E-state index contributed by atoms with van der Waals surface area (Å²) in [6.45, 7) is 0. The second-order valence-corrected chi connectivity index (χ2v) is 5.38. The van der Waals surface area contributed by atoms with E-state index in [-0.39, 0.29) is 17.3 Å². The highest BCUT2D eigenvalue weighted by atomic mass is 35.5. The van der Waals surface area contributed by atoms with Gasteiger partial charge in [-0.05, 0) is 40.9 Å². The summed E-state index contributed by atoms with van der Waals surface area (Å²) in [5.41, 5.74) is 2.37. The molecule has 4 nitrogen and oxygen atoms in total. The Morgan fingerprint density at radius 2 is 1.50 bits per heavy atom. The molecule has 1 amide bonds. The second kappa shape index (κ2) is 7.06. The van der Waals surface area contributed by atoms with E-state index in [1.807, 2.05) is 42.5 Å². The Morgan fingerprint density at radius 3 is 2.25 bits per heavy atom. The molecule has 0 aliphatic rings. The van der Waals surface area contributed by atoms with Crippen LogP contribution in [-0.2, 0) is 0 Å². The first-order chi connectivity index (χ1) is 11.7. The highest BCUT2D eigenvalue weighted by Crippen LogP contribution is 2.24. The smallest absolute Gasteiger partial charge is 0.257 e. The average Bonchev–Trinajstić information content (AvgIpc) is 2.62. The Hall–Kier alpha value is -2.98. The largest absolute Gasteiger partial charge is 0.306 e. The summed E-state index contributed by atoms with van der Waals surface area (Å²) in [4.78, 5) is 28.2. The summed E-state index contributed by atoms with van der Waals surface area (Å²) < 4.78 is 0. The molecule has 0 spiro atoms. The molecule has 0 aliphatic heterocycles. The Morgan fingerprint density at radius 1 is 0.833 bits per heavy atom. The number of nitrogens with zero attached hydrogens (tertiary/aromatic N) is 1. The van der Waals surface area contributed by atoms with E-state index in [2.05, 4.69) is 10.3 Å².